The van der Waals surface area contributed by atoms with Crippen molar-refractivity contribution in [3.63, 3.8) is 0 Å². The van der Waals surface area contributed by atoms with Crippen LogP contribution in [0, 0.1) is 7.43 Å². The summed E-state index contributed by atoms with van der Waals surface area (Å²) in [6, 6.07) is 11.6. The van der Waals surface area contributed by atoms with E-state index < -0.39 is 0 Å². The minimum absolute atomic E-state index is 0. The molecule has 8 heteroatoms. The Morgan fingerprint density at radius 1 is 0.810 bits per heavy atom. The van der Waals surface area contributed by atoms with Crippen molar-refractivity contribution in [2.75, 3.05) is 0 Å². The molecule has 0 unspecified atom stereocenters. The molecule has 2 aromatic heterocycles. The predicted octanol–water partition coefficient (Wildman–Crippen LogP) is 2.91. The maximum Gasteiger partial charge on any atom is 0.0886 e. The number of carbonyl (C=O) groups excluding carboxylic acids is 2. The first-order valence-electron chi connectivity index (χ1n) is 4.66. The third kappa shape index (κ3) is 13.9. The van der Waals surface area contributed by atoms with Crippen molar-refractivity contribution in [1.29, 1.82) is 0 Å². The van der Waals surface area contributed by atoms with Crippen molar-refractivity contribution in [2.45, 2.75) is 0 Å². The minimum atomic E-state index is 0. The second-order valence-corrected chi connectivity index (χ2v) is 2.52. The first-order chi connectivity index (χ1) is 9.38. The van der Waals surface area contributed by atoms with E-state index >= 15 is 0 Å². The maximum absolute atomic E-state index is 7.75. The van der Waals surface area contributed by atoms with Crippen molar-refractivity contribution in [3.8, 4) is 11.4 Å². The molecule has 0 fully saturated rings. The molecule has 112 valence electrons. The molecule has 0 aromatic carbocycles. The molecule has 0 spiro atoms. The maximum atomic E-state index is 7.75. The summed E-state index contributed by atoms with van der Waals surface area (Å²) in [5.74, 6) is 0. The van der Waals surface area contributed by atoms with Gasteiger partial charge < -0.3 is 28.1 Å². The van der Waals surface area contributed by atoms with Gasteiger partial charge in [-0.1, -0.05) is 12.1 Å². The topological polar surface area (TPSA) is 119 Å². The van der Waals surface area contributed by atoms with Crippen LogP contribution in [0.5, 0.6) is 0 Å². The van der Waals surface area contributed by atoms with Crippen LogP contribution in [0.1, 0.15) is 0 Å². The van der Waals surface area contributed by atoms with E-state index in [0.717, 1.165) is 11.4 Å². The van der Waals surface area contributed by atoms with Gasteiger partial charge in [-0.15, -0.1) is 0 Å². The summed E-state index contributed by atoms with van der Waals surface area (Å²) in [7, 11) is 0. The fourth-order valence-corrected chi connectivity index (χ4v) is 1.03. The van der Waals surface area contributed by atoms with Crippen LogP contribution in [0.3, 0.4) is 0 Å². The fourth-order valence-electron chi connectivity index (χ4n) is 1.03. The Morgan fingerprint density at radius 3 is 1.29 bits per heavy atom. The van der Waals surface area contributed by atoms with Crippen molar-refractivity contribution in [3.05, 3.63) is 72.2 Å². The predicted molar refractivity (Wildman–Crippen MR) is 77.5 cm³/mol. The number of pyridine rings is 2. The van der Waals surface area contributed by atoms with Gasteiger partial charge in [0.25, 0.3) is 0 Å². The van der Waals surface area contributed by atoms with E-state index in [1.165, 1.54) is 4.91 Å². The van der Waals surface area contributed by atoms with Gasteiger partial charge in [-0.05, 0) is 24.3 Å². The molecule has 0 saturated carbocycles. The molecule has 0 aliphatic heterocycles. The molecular weight excluding hydrogens is 442 g/mol. The van der Waals surface area contributed by atoms with Crippen LogP contribution < -0.4 is 0 Å². The molecule has 0 radical (unpaired) electrons. The SMILES string of the molecule is [CH-]=O.[CH-]=O.[CH3-].[N-]=[N+]=[N-].[W].c1ccc(-c2ccccn2)nc1. The smallest absolute Gasteiger partial charge is 0.0886 e. The molecule has 0 saturated heterocycles. The molecule has 0 atom stereocenters. The summed E-state index contributed by atoms with van der Waals surface area (Å²) in [5.41, 5.74) is 15.3. The largest absolute Gasteiger partial charge is 0.545 e. The van der Waals surface area contributed by atoms with Gasteiger partial charge in [0.2, 0.25) is 0 Å². The van der Waals surface area contributed by atoms with Crippen LogP contribution in [-0.2, 0) is 30.7 Å². The van der Waals surface area contributed by atoms with Crippen LogP contribution in [-0.4, -0.2) is 23.5 Å². The average molecular weight is 455 g/mol. The van der Waals surface area contributed by atoms with E-state index in [-0.39, 0.29) is 28.5 Å². The second-order valence-electron chi connectivity index (χ2n) is 2.52. The molecule has 2 rings (SSSR count). The van der Waals surface area contributed by atoms with Gasteiger partial charge in [-0.25, -0.2) is 0 Å². The Bertz CT molecular complexity index is 425. The Hall–Kier alpha value is -2.36. The van der Waals surface area contributed by atoms with Crippen molar-refractivity contribution < 1.29 is 30.7 Å². The summed E-state index contributed by atoms with van der Waals surface area (Å²) in [5, 5.41) is 0. The first kappa shape index (κ1) is 27.1. The van der Waals surface area contributed by atoms with Crippen molar-refractivity contribution >= 4 is 13.6 Å². The van der Waals surface area contributed by atoms with Gasteiger partial charge in [0, 0.05) is 33.5 Å². The molecule has 0 N–H and O–H groups in total. The molecule has 2 heterocycles. The number of rotatable bonds is 1. The molecule has 0 aliphatic rings. The third-order valence-electron chi connectivity index (χ3n) is 1.59. The number of aromatic nitrogens is 2. The van der Waals surface area contributed by atoms with Gasteiger partial charge in [0.1, 0.15) is 0 Å². The molecule has 7 nitrogen and oxygen atoms in total. The molecule has 0 bridgehead atoms. The zero-order valence-corrected chi connectivity index (χ0v) is 14.2. The normalized spacial score (nSPS) is 6.29. The summed E-state index contributed by atoms with van der Waals surface area (Å²) in [6.45, 7) is 6.50. The van der Waals surface area contributed by atoms with Gasteiger partial charge >= 0.3 is 0 Å². The first-order valence-corrected chi connectivity index (χ1v) is 4.66. The van der Waals surface area contributed by atoms with Crippen LogP contribution in [0.15, 0.2) is 48.8 Å². The van der Waals surface area contributed by atoms with E-state index in [1.54, 1.807) is 12.4 Å². The molecule has 0 amide bonds. The van der Waals surface area contributed by atoms with E-state index in [9.17, 15) is 0 Å². The van der Waals surface area contributed by atoms with E-state index in [2.05, 4.69) is 23.5 Å². The van der Waals surface area contributed by atoms with Crippen LogP contribution in [0.25, 0.3) is 27.4 Å². The molecular formula is C13H13N5O2W-4. The number of hydrogen-bond donors (Lipinski definition) is 0. The van der Waals surface area contributed by atoms with Crippen molar-refractivity contribution in [2.24, 2.45) is 0 Å². The Balaban J connectivity index is -0.000000141. The van der Waals surface area contributed by atoms with Crippen LogP contribution in [0.4, 0.5) is 0 Å². The van der Waals surface area contributed by atoms with Crippen LogP contribution in [0.2, 0.25) is 0 Å². The van der Waals surface area contributed by atoms with Gasteiger partial charge in [0.15, 0.2) is 0 Å². The van der Waals surface area contributed by atoms with Gasteiger partial charge in [0.05, 0.1) is 11.4 Å². The summed E-state index contributed by atoms with van der Waals surface area (Å²) < 4.78 is 0. The molecule has 0 aliphatic carbocycles. The van der Waals surface area contributed by atoms with Gasteiger partial charge in [-0.2, -0.15) is 0 Å². The zero-order chi connectivity index (χ0) is 14.9. The third-order valence-corrected chi connectivity index (χ3v) is 1.59. The fraction of sp³-hybridized carbons (Fsp3) is 0. The van der Waals surface area contributed by atoms with Crippen molar-refractivity contribution in [1.82, 2.24) is 9.97 Å². The zero-order valence-electron chi connectivity index (χ0n) is 11.2. The second kappa shape index (κ2) is 22.8. The van der Waals surface area contributed by atoms with Crippen LogP contribution >= 0.6 is 0 Å². The Kier molecular flexibility index (Phi) is 29.4. The minimum Gasteiger partial charge on any atom is -0.545 e. The quantitative estimate of drug-likeness (QED) is 0.216. The van der Waals surface area contributed by atoms with E-state index in [4.69, 9.17) is 20.7 Å². The van der Waals surface area contributed by atoms with E-state index in [1.807, 2.05) is 36.4 Å². The molecule has 21 heavy (non-hydrogen) atoms. The molecule has 2 aromatic rings. The summed E-state index contributed by atoms with van der Waals surface area (Å²) in [4.78, 5) is 25.4. The van der Waals surface area contributed by atoms with E-state index in [0.29, 0.717) is 0 Å². The summed E-state index contributed by atoms with van der Waals surface area (Å²) in [6.07, 6.45) is 3.54. The monoisotopic (exact) mass is 455 g/mol. The average Bonchev–Trinajstić information content (AvgIpc) is 2.54. The standard InChI is InChI=1S/C10H8N2.2CHO.CH3.N3.W/c1-3-7-11-9(5-1)10-6-2-4-8-12-10;2*1-2;;1-3-2;/h1-8H;2*1H;1H3;;/q;4*-1;. The Morgan fingerprint density at radius 2 is 1.10 bits per heavy atom. The van der Waals surface area contributed by atoms with Gasteiger partial charge in [-0.3, -0.25) is 28.5 Å². The number of hydrogen-bond acceptors (Lipinski definition) is 4. The Labute approximate surface area is 138 Å². The number of nitrogens with zero attached hydrogens (tertiary/aromatic N) is 5. The summed E-state index contributed by atoms with van der Waals surface area (Å²) >= 11 is 0.